The Morgan fingerprint density at radius 1 is 1.07 bits per heavy atom. The van der Waals surface area contributed by atoms with E-state index in [-0.39, 0.29) is 0 Å². The molecule has 27 heavy (non-hydrogen) atoms. The molecule has 0 bridgehead atoms. The molecule has 3 heterocycles. The van der Waals surface area contributed by atoms with Gasteiger partial charge in [-0.2, -0.15) is 0 Å². The van der Waals surface area contributed by atoms with Crippen LogP contribution in [0.5, 0.6) is 0 Å². The third kappa shape index (κ3) is 2.58. The molecule has 1 atom stereocenters. The minimum Gasteiger partial charge on any atom is -0.446 e. The average molecular weight is 355 g/mol. The van der Waals surface area contributed by atoms with Crippen molar-refractivity contribution in [3.05, 3.63) is 78.9 Å². The van der Waals surface area contributed by atoms with Crippen LogP contribution in [-0.2, 0) is 7.05 Å². The summed E-state index contributed by atoms with van der Waals surface area (Å²) < 4.78 is 7.50. The van der Waals surface area contributed by atoms with Crippen molar-refractivity contribution in [2.75, 3.05) is 0 Å². The van der Waals surface area contributed by atoms with Crippen LogP contribution < -0.4 is 5.73 Å². The number of aryl methyl sites for hydroxylation is 1. The number of nitrogens with two attached hydrogens (primary N) is 1. The zero-order valence-electron chi connectivity index (χ0n) is 14.7. The van der Waals surface area contributed by atoms with E-state index in [9.17, 15) is 0 Å². The van der Waals surface area contributed by atoms with E-state index < -0.39 is 6.04 Å². The van der Waals surface area contributed by atoms with Gasteiger partial charge in [0.15, 0.2) is 6.39 Å². The van der Waals surface area contributed by atoms with Crippen molar-refractivity contribution in [2.24, 2.45) is 12.8 Å². The molecule has 0 aliphatic heterocycles. The lowest BCUT2D eigenvalue weighted by Crippen LogP contribution is -2.11. The zero-order chi connectivity index (χ0) is 18.4. The first-order valence-corrected chi connectivity index (χ1v) is 8.65. The second kappa shape index (κ2) is 6.03. The van der Waals surface area contributed by atoms with Gasteiger partial charge >= 0.3 is 0 Å². The maximum absolute atomic E-state index is 6.41. The molecule has 0 saturated heterocycles. The minimum absolute atomic E-state index is 0.420. The fourth-order valence-corrected chi connectivity index (χ4v) is 3.47. The van der Waals surface area contributed by atoms with Crippen molar-refractivity contribution >= 4 is 21.9 Å². The van der Waals surface area contributed by atoms with Gasteiger partial charge in [0.05, 0.1) is 23.3 Å². The van der Waals surface area contributed by atoms with E-state index in [0.717, 1.165) is 33.2 Å². The quantitative estimate of drug-likeness (QED) is 0.532. The second-order valence-electron chi connectivity index (χ2n) is 6.57. The molecule has 5 aromatic rings. The van der Waals surface area contributed by atoms with E-state index in [0.29, 0.717) is 5.76 Å². The van der Waals surface area contributed by atoms with Crippen molar-refractivity contribution in [1.29, 1.82) is 0 Å². The van der Waals surface area contributed by atoms with Crippen LogP contribution in [0, 0.1) is 0 Å². The summed E-state index contributed by atoms with van der Waals surface area (Å²) in [5.41, 5.74) is 12.2. The first kappa shape index (κ1) is 15.7. The van der Waals surface area contributed by atoms with Gasteiger partial charge < -0.3 is 14.7 Å². The number of hydrogen-bond donors (Lipinski definition) is 1. The van der Waals surface area contributed by atoms with Gasteiger partial charge in [0, 0.05) is 36.7 Å². The molecule has 132 valence electrons. The summed E-state index contributed by atoms with van der Waals surface area (Å²) in [6, 6.07) is 12.1. The smallest absolute Gasteiger partial charge is 0.180 e. The molecule has 0 aliphatic carbocycles. The van der Waals surface area contributed by atoms with Crippen molar-refractivity contribution in [3.63, 3.8) is 0 Å². The van der Waals surface area contributed by atoms with Crippen molar-refractivity contribution in [1.82, 2.24) is 19.5 Å². The Morgan fingerprint density at radius 2 is 1.96 bits per heavy atom. The highest BCUT2D eigenvalue weighted by Crippen LogP contribution is 2.33. The van der Waals surface area contributed by atoms with Gasteiger partial charge in [-0.25, -0.2) is 4.98 Å². The van der Waals surface area contributed by atoms with Crippen LogP contribution in [0.1, 0.15) is 17.4 Å². The zero-order valence-corrected chi connectivity index (χ0v) is 14.7. The van der Waals surface area contributed by atoms with Crippen LogP contribution >= 0.6 is 0 Å². The summed E-state index contributed by atoms with van der Waals surface area (Å²) in [6.07, 6.45) is 8.49. The predicted octanol–water partition coefficient (Wildman–Crippen LogP) is 3.82. The van der Waals surface area contributed by atoms with E-state index in [1.807, 2.05) is 13.1 Å². The summed E-state index contributed by atoms with van der Waals surface area (Å²) in [5, 5.41) is 1.20. The molecule has 0 spiro atoms. The monoisotopic (exact) mass is 355 g/mol. The molecule has 0 saturated carbocycles. The number of nitrogens with zero attached hydrogens (tertiary/aromatic N) is 4. The molecule has 2 aromatic carbocycles. The van der Waals surface area contributed by atoms with Crippen molar-refractivity contribution < 1.29 is 4.42 Å². The Hall–Kier alpha value is -3.51. The van der Waals surface area contributed by atoms with Crippen LogP contribution in [0.2, 0.25) is 0 Å². The highest BCUT2D eigenvalue weighted by Gasteiger charge is 2.17. The van der Waals surface area contributed by atoms with Gasteiger partial charge in [0.25, 0.3) is 0 Å². The highest BCUT2D eigenvalue weighted by atomic mass is 16.3. The van der Waals surface area contributed by atoms with Crippen LogP contribution in [0.25, 0.3) is 33.1 Å². The van der Waals surface area contributed by atoms with Gasteiger partial charge in [-0.15, -0.1) is 0 Å². The van der Waals surface area contributed by atoms with Crippen LogP contribution in [0.4, 0.5) is 0 Å². The number of fused-ring (bicyclic) bond motifs is 2. The number of aromatic nitrogens is 4. The first-order valence-electron chi connectivity index (χ1n) is 8.65. The second-order valence-corrected chi connectivity index (χ2v) is 6.57. The number of benzene rings is 2. The molecular weight excluding hydrogens is 338 g/mol. The lowest BCUT2D eigenvalue weighted by molar-refractivity contribution is 0.485. The van der Waals surface area contributed by atoms with Gasteiger partial charge in [0.2, 0.25) is 0 Å². The Balaban J connectivity index is 1.75. The Kier molecular flexibility index (Phi) is 3.51. The van der Waals surface area contributed by atoms with E-state index >= 15 is 0 Å². The molecule has 0 radical (unpaired) electrons. The molecule has 6 heteroatoms. The number of oxazole rings is 1. The largest absolute Gasteiger partial charge is 0.446 e. The Labute approximate surface area is 155 Å². The number of rotatable bonds is 3. The third-order valence-corrected chi connectivity index (χ3v) is 4.91. The molecule has 5 rings (SSSR count). The lowest BCUT2D eigenvalue weighted by Gasteiger charge is -2.13. The van der Waals surface area contributed by atoms with E-state index in [1.165, 1.54) is 11.8 Å². The summed E-state index contributed by atoms with van der Waals surface area (Å²) in [7, 11) is 2.04. The lowest BCUT2D eigenvalue weighted by atomic mass is 9.96. The van der Waals surface area contributed by atoms with E-state index in [2.05, 4.69) is 56.0 Å². The van der Waals surface area contributed by atoms with E-state index in [4.69, 9.17) is 10.2 Å². The molecule has 6 nitrogen and oxygen atoms in total. The van der Waals surface area contributed by atoms with Crippen molar-refractivity contribution in [2.45, 2.75) is 6.04 Å². The highest BCUT2D eigenvalue weighted by molar-refractivity contribution is 5.95. The fourth-order valence-electron chi connectivity index (χ4n) is 3.47. The van der Waals surface area contributed by atoms with Crippen LogP contribution in [0.3, 0.4) is 0 Å². The summed E-state index contributed by atoms with van der Waals surface area (Å²) in [5.74, 6) is 0.613. The number of hydrogen-bond acceptors (Lipinski definition) is 5. The maximum Gasteiger partial charge on any atom is 0.180 e. The molecule has 2 N–H and O–H groups in total. The topological polar surface area (TPSA) is 82.8 Å². The third-order valence-electron chi connectivity index (χ3n) is 4.91. The van der Waals surface area contributed by atoms with Crippen molar-refractivity contribution in [3.8, 4) is 11.1 Å². The van der Waals surface area contributed by atoms with Gasteiger partial charge in [-0.3, -0.25) is 9.97 Å². The molecular formula is C21H17N5O. The molecule has 0 fully saturated rings. The molecule has 1 unspecified atom stereocenters. The summed E-state index contributed by atoms with van der Waals surface area (Å²) in [6.45, 7) is 0. The normalized spacial score (nSPS) is 12.7. The van der Waals surface area contributed by atoms with Gasteiger partial charge in [0.1, 0.15) is 5.76 Å². The Morgan fingerprint density at radius 3 is 2.81 bits per heavy atom. The first-order chi connectivity index (χ1) is 13.2. The van der Waals surface area contributed by atoms with Gasteiger partial charge in [-0.05, 0) is 40.8 Å². The molecule has 3 aromatic heterocycles. The average Bonchev–Trinajstić information content (AvgIpc) is 3.37. The summed E-state index contributed by atoms with van der Waals surface area (Å²) in [4.78, 5) is 13.0. The summed E-state index contributed by atoms with van der Waals surface area (Å²) >= 11 is 0. The predicted molar refractivity (Wildman–Crippen MR) is 104 cm³/mol. The van der Waals surface area contributed by atoms with Gasteiger partial charge in [-0.1, -0.05) is 12.1 Å². The van der Waals surface area contributed by atoms with Crippen LogP contribution in [-0.4, -0.2) is 19.5 Å². The SMILES string of the molecule is Cn1ccc2ccc(-c3cc(C(N)c4cnco4)cc4nccnc34)cc21. The standard InChI is InChI=1S/C21H17N5O/c1-26-7-4-13-2-3-14(10-18(13)26)16-8-15(20(22)19-11-23-12-27-19)9-17-21(16)25-6-5-24-17/h2-12,20H,22H2,1H3. The minimum atomic E-state index is -0.420. The van der Waals surface area contributed by atoms with Crippen LogP contribution in [0.15, 0.2) is 72.0 Å². The van der Waals surface area contributed by atoms with E-state index in [1.54, 1.807) is 18.6 Å². The Bertz CT molecular complexity index is 1260. The maximum atomic E-state index is 6.41. The molecule has 0 aliphatic rings. The fraction of sp³-hybridized carbons (Fsp3) is 0.0952. The molecule has 0 amide bonds.